The molecule has 0 spiro atoms. The maximum absolute atomic E-state index is 12.1. The summed E-state index contributed by atoms with van der Waals surface area (Å²) in [6.45, 7) is 0.156. The number of pyridine rings is 1. The Morgan fingerprint density at radius 1 is 1.35 bits per heavy atom. The van der Waals surface area contributed by atoms with Gasteiger partial charge in [0.25, 0.3) is 5.91 Å². The van der Waals surface area contributed by atoms with Gasteiger partial charge < -0.3 is 10.4 Å². The number of rotatable bonds is 5. The Morgan fingerprint density at radius 2 is 2.20 bits per heavy atom. The van der Waals surface area contributed by atoms with E-state index in [1.54, 1.807) is 6.07 Å². The van der Waals surface area contributed by atoms with Crippen LogP contribution in [0, 0.1) is 0 Å². The second-order valence-corrected chi connectivity index (χ2v) is 4.74. The van der Waals surface area contributed by atoms with Crippen LogP contribution < -0.4 is 5.32 Å². The van der Waals surface area contributed by atoms with Gasteiger partial charge in [-0.1, -0.05) is 23.7 Å². The van der Waals surface area contributed by atoms with E-state index in [4.69, 9.17) is 16.7 Å². The van der Waals surface area contributed by atoms with Crippen LogP contribution in [0.25, 0.3) is 0 Å². The molecule has 104 valence electrons. The molecule has 0 unspecified atom stereocenters. The number of hydrogen-bond donors (Lipinski definition) is 2. The summed E-state index contributed by atoms with van der Waals surface area (Å²) in [6.07, 6.45) is 4.44. The Balaban J connectivity index is 2.10. The van der Waals surface area contributed by atoms with Crippen LogP contribution in [0.2, 0.25) is 5.02 Å². The van der Waals surface area contributed by atoms with Gasteiger partial charge in [-0.2, -0.15) is 0 Å². The average Bonchev–Trinajstić information content (AvgIpc) is 2.46. The predicted molar refractivity (Wildman–Crippen MR) is 79.0 cm³/mol. The van der Waals surface area contributed by atoms with Crippen molar-refractivity contribution < 1.29 is 9.90 Å². The quantitative estimate of drug-likeness (QED) is 0.890. The summed E-state index contributed by atoms with van der Waals surface area (Å²) in [6, 6.07) is 9.12. The Labute approximate surface area is 122 Å². The second kappa shape index (κ2) is 7.03. The molecule has 0 radical (unpaired) electrons. The summed E-state index contributed by atoms with van der Waals surface area (Å²) in [4.78, 5) is 15.9. The number of nitrogens with zero attached hydrogens (tertiary/aromatic N) is 1. The molecule has 0 saturated carbocycles. The van der Waals surface area contributed by atoms with Gasteiger partial charge in [0.2, 0.25) is 0 Å². The largest absolute Gasteiger partial charge is 0.396 e. The number of aryl methyl sites for hydroxylation is 1. The number of aromatic nitrogens is 1. The number of anilines is 1. The van der Waals surface area contributed by atoms with Crippen molar-refractivity contribution in [2.75, 3.05) is 11.9 Å². The topological polar surface area (TPSA) is 62.2 Å². The molecule has 20 heavy (non-hydrogen) atoms. The van der Waals surface area contributed by atoms with Gasteiger partial charge in [-0.25, -0.2) is 0 Å². The third kappa shape index (κ3) is 3.79. The summed E-state index contributed by atoms with van der Waals surface area (Å²) < 4.78 is 0. The minimum atomic E-state index is -0.267. The first kappa shape index (κ1) is 14.5. The van der Waals surface area contributed by atoms with Crippen LogP contribution in [0.4, 0.5) is 5.69 Å². The van der Waals surface area contributed by atoms with Crippen molar-refractivity contribution in [3.8, 4) is 0 Å². The van der Waals surface area contributed by atoms with Gasteiger partial charge in [0.1, 0.15) is 0 Å². The SMILES string of the molecule is O=C(Nc1cccc(CCCO)c1)c1ccncc1Cl. The van der Waals surface area contributed by atoms with E-state index in [0.717, 1.165) is 12.0 Å². The van der Waals surface area contributed by atoms with Crippen molar-refractivity contribution in [3.05, 3.63) is 58.9 Å². The molecule has 1 aromatic heterocycles. The number of aliphatic hydroxyl groups excluding tert-OH is 1. The van der Waals surface area contributed by atoms with Crippen LogP contribution >= 0.6 is 11.6 Å². The molecule has 2 N–H and O–H groups in total. The summed E-state index contributed by atoms with van der Waals surface area (Å²) in [5.74, 6) is -0.267. The molecule has 0 aliphatic heterocycles. The summed E-state index contributed by atoms with van der Waals surface area (Å²) in [5.41, 5.74) is 2.17. The van der Waals surface area contributed by atoms with Crippen LogP contribution in [0.1, 0.15) is 22.3 Å². The molecule has 5 heteroatoms. The molecule has 2 rings (SSSR count). The first-order valence-corrected chi connectivity index (χ1v) is 6.69. The zero-order valence-corrected chi connectivity index (χ0v) is 11.6. The minimum Gasteiger partial charge on any atom is -0.396 e. The van der Waals surface area contributed by atoms with Crippen LogP contribution in [-0.4, -0.2) is 22.6 Å². The van der Waals surface area contributed by atoms with E-state index in [0.29, 0.717) is 22.7 Å². The third-order valence-electron chi connectivity index (χ3n) is 2.83. The average molecular weight is 291 g/mol. The monoisotopic (exact) mass is 290 g/mol. The molecule has 0 aliphatic carbocycles. The first-order chi connectivity index (χ1) is 9.70. The molecule has 0 saturated heterocycles. The van der Waals surface area contributed by atoms with E-state index in [1.165, 1.54) is 12.4 Å². The summed E-state index contributed by atoms with van der Waals surface area (Å²) in [7, 11) is 0. The molecular weight excluding hydrogens is 276 g/mol. The van der Waals surface area contributed by atoms with E-state index in [2.05, 4.69) is 10.3 Å². The first-order valence-electron chi connectivity index (χ1n) is 6.31. The second-order valence-electron chi connectivity index (χ2n) is 4.34. The lowest BCUT2D eigenvalue weighted by atomic mass is 10.1. The van der Waals surface area contributed by atoms with Crippen LogP contribution in [0.3, 0.4) is 0 Å². The van der Waals surface area contributed by atoms with Crippen LogP contribution in [0.15, 0.2) is 42.7 Å². The zero-order chi connectivity index (χ0) is 14.4. The number of nitrogens with one attached hydrogen (secondary N) is 1. The van der Waals surface area contributed by atoms with Crippen molar-refractivity contribution in [1.82, 2.24) is 4.98 Å². The van der Waals surface area contributed by atoms with Crippen molar-refractivity contribution in [1.29, 1.82) is 0 Å². The van der Waals surface area contributed by atoms with Gasteiger partial charge in [-0.05, 0) is 36.6 Å². The molecule has 0 atom stereocenters. The van der Waals surface area contributed by atoms with Crippen LogP contribution in [0.5, 0.6) is 0 Å². The van der Waals surface area contributed by atoms with E-state index in [1.807, 2.05) is 24.3 Å². The number of hydrogen-bond acceptors (Lipinski definition) is 3. The van der Waals surface area contributed by atoms with Crippen LogP contribution in [-0.2, 0) is 6.42 Å². The van der Waals surface area contributed by atoms with Crippen molar-refractivity contribution in [2.45, 2.75) is 12.8 Å². The molecular formula is C15H15ClN2O2. The maximum atomic E-state index is 12.1. The normalized spacial score (nSPS) is 10.3. The highest BCUT2D eigenvalue weighted by molar-refractivity contribution is 6.34. The highest BCUT2D eigenvalue weighted by atomic mass is 35.5. The Hall–Kier alpha value is -1.91. The molecule has 0 bridgehead atoms. The van der Waals surface area contributed by atoms with Crippen molar-refractivity contribution >= 4 is 23.2 Å². The lowest BCUT2D eigenvalue weighted by molar-refractivity contribution is 0.102. The molecule has 0 aliphatic rings. The Morgan fingerprint density at radius 3 is 2.95 bits per heavy atom. The van der Waals surface area contributed by atoms with E-state index in [9.17, 15) is 4.79 Å². The minimum absolute atomic E-state index is 0.156. The number of benzene rings is 1. The van der Waals surface area contributed by atoms with E-state index < -0.39 is 0 Å². The number of halogens is 1. The fraction of sp³-hybridized carbons (Fsp3) is 0.200. The number of aliphatic hydroxyl groups is 1. The lowest BCUT2D eigenvalue weighted by Gasteiger charge is -2.08. The molecule has 1 heterocycles. The van der Waals surface area contributed by atoms with Gasteiger partial charge in [-0.3, -0.25) is 9.78 Å². The predicted octanol–water partition coefficient (Wildman–Crippen LogP) is 2.91. The Bertz CT molecular complexity index is 602. The molecule has 2 aromatic rings. The molecule has 4 nitrogen and oxygen atoms in total. The lowest BCUT2D eigenvalue weighted by Crippen LogP contribution is -2.12. The third-order valence-corrected chi connectivity index (χ3v) is 3.13. The van der Waals surface area contributed by atoms with E-state index in [-0.39, 0.29) is 12.5 Å². The fourth-order valence-electron chi connectivity index (χ4n) is 1.85. The van der Waals surface area contributed by atoms with Gasteiger partial charge in [0.15, 0.2) is 0 Å². The maximum Gasteiger partial charge on any atom is 0.257 e. The summed E-state index contributed by atoms with van der Waals surface area (Å²) in [5, 5.41) is 12.0. The standard InChI is InChI=1S/C15H15ClN2O2/c16-14-10-17-7-6-13(14)15(20)18-12-5-1-3-11(9-12)4-2-8-19/h1,3,5-7,9-10,19H,2,4,8H2,(H,18,20). The zero-order valence-electron chi connectivity index (χ0n) is 10.8. The molecule has 1 amide bonds. The number of carbonyl (C=O) groups excluding carboxylic acids is 1. The number of carbonyl (C=O) groups is 1. The van der Waals surface area contributed by atoms with E-state index >= 15 is 0 Å². The van der Waals surface area contributed by atoms with Gasteiger partial charge >= 0.3 is 0 Å². The number of amides is 1. The highest BCUT2D eigenvalue weighted by Crippen LogP contribution is 2.17. The van der Waals surface area contributed by atoms with Gasteiger partial charge in [-0.15, -0.1) is 0 Å². The molecule has 0 fully saturated rings. The van der Waals surface area contributed by atoms with Crippen molar-refractivity contribution in [2.24, 2.45) is 0 Å². The molecule has 1 aromatic carbocycles. The Kier molecular flexibility index (Phi) is 5.09. The smallest absolute Gasteiger partial charge is 0.257 e. The summed E-state index contributed by atoms with van der Waals surface area (Å²) >= 11 is 5.93. The fourth-order valence-corrected chi connectivity index (χ4v) is 2.05. The van der Waals surface area contributed by atoms with Gasteiger partial charge in [0, 0.05) is 24.7 Å². The van der Waals surface area contributed by atoms with Crippen molar-refractivity contribution in [3.63, 3.8) is 0 Å². The highest BCUT2D eigenvalue weighted by Gasteiger charge is 2.10. The van der Waals surface area contributed by atoms with Gasteiger partial charge in [0.05, 0.1) is 10.6 Å².